The monoisotopic (exact) mass is 337 g/mol. The maximum absolute atomic E-state index is 13.0. The summed E-state index contributed by atoms with van der Waals surface area (Å²) in [5, 5.41) is 3.36. The van der Waals surface area contributed by atoms with Crippen molar-refractivity contribution in [2.45, 2.75) is 45.7 Å². The summed E-state index contributed by atoms with van der Waals surface area (Å²) in [5.74, 6) is 0.776. The molecule has 1 saturated heterocycles. The molecule has 2 aromatic rings. The number of piperidine rings is 1. The number of amides is 1. The molecule has 0 aliphatic carbocycles. The average Bonchev–Trinajstić information content (AvgIpc) is 2.67. The molecule has 1 aliphatic rings. The molecule has 0 radical (unpaired) electrons. The van der Waals surface area contributed by atoms with Gasteiger partial charge in [-0.05, 0) is 56.0 Å². The van der Waals surface area contributed by atoms with E-state index >= 15 is 0 Å². The largest absolute Gasteiger partial charge is 0.379 e. The number of benzene rings is 1. The first-order valence-electron chi connectivity index (χ1n) is 9.22. The Bertz CT molecular complexity index is 701. The number of pyridine rings is 1. The normalized spacial score (nSPS) is 20.3. The lowest BCUT2D eigenvalue weighted by atomic mass is 9.91. The van der Waals surface area contributed by atoms with E-state index in [0.717, 1.165) is 36.3 Å². The molecule has 2 atom stereocenters. The zero-order valence-corrected chi connectivity index (χ0v) is 15.1. The summed E-state index contributed by atoms with van der Waals surface area (Å²) in [6, 6.07) is 14.0. The van der Waals surface area contributed by atoms with Gasteiger partial charge in [-0.2, -0.15) is 0 Å². The van der Waals surface area contributed by atoms with Crippen LogP contribution < -0.4 is 5.32 Å². The first-order chi connectivity index (χ1) is 12.2. The van der Waals surface area contributed by atoms with E-state index in [0.29, 0.717) is 18.5 Å². The Morgan fingerprint density at radius 1 is 1.24 bits per heavy atom. The zero-order valence-electron chi connectivity index (χ0n) is 15.1. The summed E-state index contributed by atoms with van der Waals surface area (Å²) < 4.78 is 0. The minimum Gasteiger partial charge on any atom is -0.379 e. The molecule has 3 rings (SSSR count). The van der Waals surface area contributed by atoms with Gasteiger partial charge in [0, 0.05) is 30.0 Å². The van der Waals surface area contributed by atoms with Crippen LogP contribution in [0.2, 0.25) is 0 Å². The molecule has 132 valence electrons. The Hall–Kier alpha value is -2.36. The molecule has 0 spiro atoms. The minimum atomic E-state index is 0.145. The topological polar surface area (TPSA) is 45.2 Å². The Morgan fingerprint density at radius 3 is 2.88 bits per heavy atom. The van der Waals surface area contributed by atoms with E-state index in [-0.39, 0.29) is 5.91 Å². The van der Waals surface area contributed by atoms with Crippen molar-refractivity contribution in [3.8, 4) is 0 Å². The van der Waals surface area contributed by atoms with Gasteiger partial charge in [-0.1, -0.05) is 25.5 Å². The van der Waals surface area contributed by atoms with Crippen molar-refractivity contribution in [3.05, 3.63) is 59.9 Å². The summed E-state index contributed by atoms with van der Waals surface area (Å²) in [4.78, 5) is 19.3. The van der Waals surface area contributed by atoms with E-state index in [4.69, 9.17) is 0 Å². The summed E-state index contributed by atoms with van der Waals surface area (Å²) in [6.07, 6.45) is 5.26. The van der Waals surface area contributed by atoms with Crippen molar-refractivity contribution >= 4 is 11.6 Å². The number of hydrogen-bond donors (Lipinski definition) is 1. The Labute approximate surface area is 150 Å². The highest BCUT2D eigenvalue weighted by Gasteiger charge is 2.28. The summed E-state index contributed by atoms with van der Waals surface area (Å²) in [5.41, 5.74) is 2.69. The van der Waals surface area contributed by atoms with Gasteiger partial charge in [0.25, 0.3) is 5.91 Å². The van der Waals surface area contributed by atoms with Crippen LogP contribution in [-0.4, -0.2) is 28.4 Å². The van der Waals surface area contributed by atoms with Gasteiger partial charge in [0.15, 0.2) is 0 Å². The summed E-state index contributed by atoms with van der Waals surface area (Å²) in [6.45, 7) is 5.90. The highest BCUT2D eigenvalue weighted by Crippen LogP contribution is 2.26. The van der Waals surface area contributed by atoms with Crippen molar-refractivity contribution in [3.63, 3.8) is 0 Å². The van der Waals surface area contributed by atoms with Crippen molar-refractivity contribution in [2.75, 3.05) is 11.9 Å². The van der Waals surface area contributed by atoms with Crippen molar-refractivity contribution in [2.24, 2.45) is 5.92 Å². The molecule has 0 bridgehead atoms. The molecular weight excluding hydrogens is 310 g/mol. The fraction of sp³-hybridized carbons (Fsp3) is 0.429. The Balaban J connectivity index is 1.68. The minimum absolute atomic E-state index is 0.145. The molecule has 25 heavy (non-hydrogen) atoms. The third kappa shape index (κ3) is 4.38. The standard InChI is InChI=1S/C21H27N3O/c1-3-17-11-10-16(2)24(15-17)21(25)18-7-6-9-19(13-18)23-14-20-8-4-5-12-22-20/h4-9,12-13,16-17,23H,3,10-11,14-15H2,1-2H3/t16-,17-/m1/s1. The maximum atomic E-state index is 13.0. The number of likely N-dealkylation sites (tertiary alicyclic amines) is 1. The van der Waals surface area contributed by atoms with Crippen LogP contribution in [0.15, 0.2) is 48.7 Å². The molecule has 4 nitrogen and oxygen atoms in total. The lowest BCUT2D eigenvalue weighted by Gasteiger charge is -2.38. The van der Waals surface area contributed by atoms with Crippen LogP contribution in [-0.2, 0) is 6.54 Å². The van der Waals surface area contributed by atoms with E-state index in [1.807, 2.05) is 42.5 Å². The maximum Gasteiger partial charge on any atom is 0.254 e. The molecule has 1 aromatic carbocycles. The second-order valence-electron chi connectivity index (χ2n) is 6.91. The first-order valence-corrected chi connectivity index (χ1v) is 9.22. The number of carbonyl (C=O) groups is 1. The number of nitrogens with zero attached hydrogens (tertiary/aromatic N) is 2. The van der Waals surface area contributed by atoms with Gasteiger partial charge in [0.05, 0.1) is 12.2 Å². The molecule has 1 N–H and O–H groups in total. The molecule has 0 saturated carbocycles. The van der Waals surface area contributed by atoms with E-state index in [9.17, 15) is 4.79 Å². The van der Waals surface area contributed by atoms with Gasteiger partial charge >= 0.3 is 0 Å². The zero-order chi connectivity index (χ0) is 17.6. The second kappa shape index (κ2) is 8.15. The lowest BCUT2D eigenvalue weighted by molar-refractivity contribution is 0.0557. The Morgan fingerprint density at radius 2 is 2.12 bits per heavy atom. The fourth-order valence-electron chi connectivity index (χ4n) is 3.42. The van der Waals surface area contributed by atoms with Gasteiger partial charge in [-0.3, -0.25) is 9.78 Å². The number of carbonyl (C=O) groups excluding carboxylic acids is 1. The Kier molecular flexibility index (Phi) is 5.69. The average molecular weight is 337 g/mol. The molecule has 2 heterocycles. The van der Waals surface area contributed by atoms with Crippen molar-refractivity contribution < 1.29 is 4.79 Å². The third-order valence-corrected chi connectivity index (χ3v) is 5.13. The van der Waals surface area contributed by atoms with Gasteiger partial charge < -0.3 is 10.2 Å². The van der Waals surface area contributed by atoms with E-state index in [1.54, 1.807) is 6.20 Å². The smallest absolute Gasteiger partial charge is 0.254 e. The molecule has 1 aliphatic heterocycles. The van der Waals surface area contributed by atoms with Crippen LogP contribution >= 0.6 is 0 Å². The van der Waals surface area contributed by atoms with Gasteiger partial charge in [-0.25, -0.2) is 0 Å². The molecule has 1 amide bonds. The van der Waals surface area contributed by atoms with E-state index in [2.05, 4.69) is 29.0 Å². The van der Waals surface area contributed by atoms with E-state index < -0.39 is 0 Å². The van der Waals surface area contributed by atoms with Crippen LogP contribution in [0.25, 0.3) is 0 Å². The first kappa shape index (κ1) is 17.5. The van der Waals surface area contributed by atoms with Crippen LogP contribution in [0, 0.1) is 5.92 Å². The highest BCUT2D eigenvalue weighted by atomic mass is 16.2. The molecule has 4 heteroatoms. The van der Waals surface area contributed by atoms with Crippen LogP contribution in [0.3, 0.4) is 0 Å². The third-order valence-electron chi connectivity index (χ3n) is 5.13. The number of hydrogen-bond acceptors (Lipinski definition) is 3. The van der Waals surface area contributed by atoms with E-state index in [1.165, 1.54) is 6.42 Å². The lowest BCUT2D eigenvalue weighted by Crippen LogP contribution is -2.45. The van der Waals surface area contributed by atoms with Crippen LogP contribution in [0.4, 0.5) is 5.69 Å². The van der Waals surface area contributed by atoms with Gasteiger partial charge in [-0.15, -0.1) is 0 Å². The molecule has 1 fully saturated rings. The summed E-state index contributed by atoms with van der Waals surface area (Å²) >= 11 is 0. The highest BCUT2D eigenvalue weighted by molar-refractivity contribution is 5.95. The summed E-state index contributed by atoms with van der Waals surface area (Å²) in [7, 11) is 0. The number of nitrogens with one attached hydrogen (secondary N) is 1. The van der Waals surface area contributed by atoms with Crippen LogP contribution in [0.1, 0.15) is 49.2 Å². The fourth-order valence-corrected chi connectivity index (χ4v) is 3.42. The molecular formula is C21H27N3O. The number of aromatic nitrogens is 1. The quantitative estimate of drug-likeness (QED) is 0.882. The molecule has 1 aromatic heterocycles. The predicted octanol–water partition coefficient (Wildman–Crippen LogP) is 4.34. The van der Waals surface area contributed by atoms with Gasteiger partial charge in [0.2, 0.25) is 0 Å². The second-order valence-corrected chi connectivity index (χ2v) is 6.91. The van der Waals surface area contributed by atoms with Crippen molar-refractivity contribution in [1.29, 1.82) is 0 Å². The van der Waals surface area contributed by atoms with Crippen LogP contribution in [0.5, 0.6) is 0 Å². The van der Waals surface area contributed by atoms with Gasteiger partial charge in [0.1, 0.15) is 0 Å². The SMILES string of the molecule is CC[C@@H]1CC[C@@H](C)N(C(=O)c2cccc(NCc3ccccn3)c2)C1. The predicted molar refractivity (Wildman–Crippen MR) is 102 cm³/mol. The van der Waals surface area contributed by atoms with Crippen molar-refractivity contribution in [1.82, 2.24) is 9.88 Å². The number of anilines is 1. The molecule has 0 unspecified atom stereocenters. The number of rotatable bonds is 5.